The van der Waals surface area contributed by atoms with Crippen molar-refractivity contribution in [3.05, 3.63) is 0 Å². The van der Waals surface area contributed by atoms with Gasteiger partial charge in [-0.15, -0.1) is 0 Å². The molecular formula is C15H28N2O3. The van der Waals surface area contributed by atoms with Gasteiger partial charge < -0.3 is 15.7 Å². The van der Waals surface area contributed by atoms with E-state index >= 15 is 0 Å². The summed E-state index contributed by atoms with van der Waals surface area (Å²) >= 11 is 0. The van der Waals surface area contributed by atoms with Crippen molar-refractivity contribution in [3.8, 4) is 0 Å². The van der Waals surface area contributed by atoms with Gasteiger partial charge in [0.05, 0.1) is 0 Å². The van der Waals surface area contributed by atoms with Gasteiger partial charge in [0.25, 0.3) is 0 Å². The standard InChI is InChI=1S/C15H28N2O3/c1-4-8-14(3,12(18)19)17-13(20)16-11-15(5-2)9-6-7-10-15/h4-11H2,1-3H3,(H,18,19)(H2,16,17,20). The monoisotopic (exact) mass is 284 g/mol. The first-order valence-electron chi connectivity index (χ1n) is 7.67. The third-order valence-corrected chi connectivity index (χ3v) is 4.65. The Kier molecular flexibility index (Phi) is 5.84. The van der Waals surface area contributed by atoms with Crippen molar-refractivity contribution in [1.82, 2.24) is 10.6 Å². The summed E-state index contributed by atoms with van der Waals surface area (Å²) < 4.78 is 0. The molecule has 0 radical (unpaired) electrons. The molecule has 1 aliphatic rings. The van der Waals surface area contributed by atoms with Gasteiger partial charge >= 0.3 is 12.0 Å². The van der Waals surface area contributed by atoms with E-state index in [1.807, 2.05) is 6.92 Å². The lowest BCUT2D eigenvalue weighted by Gasteiger charge is -2.30. The van der Waals surface area contributed by atoms with Crippen LogP contribution in [0, 0.1) is 5.41 Å². The summed E-state index contributed by atoms with van der Waals surface area (Å²) in [6, 6.07) is -0.372. The van der Waals surface area contributed by atoms with E-state index in [2.05, 4.69) is 17.6 Å². The maximum absolute atomic E-state index is 12.0. The highest BCUT2D eigenvalue weighted by Gasteiger charge is 2.35. The number of carbonyl (C=O) groups is 2. The fourth-order valence-electron chi connectivity index (χ4n) is 3.07. The first-order chi connectivity index (χ1) is 9.37. The Labute approximate surface area is 121 Å². The van der Waals surface area contributed by atoms with Crippen molar-refractivity contribution in [2.75, 3.05) is 6.54 Å². The number of amides is 2. The maximum Gasteiger partial charge on any atom is 0.329 e. The molecule has 1 atom stereocenters. The molecule has 0 aliphatic heterocycles. The second kappa shape index (κ2) is 6.95. The van der Waals surface area contributed by atoms with Gasteiger partial charge in [-0.1, -0.05) is 33.1 Å². The van der Waals surface area contributed by atoms with Crippen LogP contribution in [0.15, 0.2) is 0 Å². The van der Waals surface area contributed by atoms with Gasteiger partial charge in [0.15, 0.2) is 0 Å². The van der Waals surface area contributed by atoms with Crippen LogP contribution in [0.4, 0.5) is 4.79 Å². The molecule has 0 aromatic heterocycles. The number of carbonyl (C=O) groups excluding carboxylic acids is 1. The second-order valence-electron chi connectivity index (χ2n) is 6.26. The average molecular weight is 284 g/mol. The van der Waals surface area contributed by atoms with Crippen LogP contribution >= 0.6 is 0 Å². The molecule has 20 heavy (non-hydrogen) atoms. The summed E-state index contributed by atoms with van der Waals surface area (Å²) in [4.78, 5) is 23.3. The number of hydrogen-bond acceptors (Lipinski definition) is 2. The minimum absolute atomic E-state index is 0.210. The molecular weight excluding hydrogens is 256 g/mol. The third-order valence-electron chi connectivity index (χ3n) is 4.65. The highest BCUT2D eigenvalue weighted by molar-refractivity contribution is 5.85. The van der Waals surface area contributed by atoms with Crippen LogP contribution in [0.3, 0.4) is 0 Å². The Morgan fingerprint density at radius 2 is 1.85 bits per heavy atom. The van der Waals surface area contributed by atoms with E-state index < -0.39 is 11.5 Å². The van der Waals surface area contributed by atoms with Gasteiger partial charge in [-0.2, -0.15) is 0 Å². The molecule has 3 N–H and O–H groups in total. The molecule has 5 nitrogen and oxygen atoms in total. The molecule has 0 aromatic carbocycles. The van der Waals surface area contributed by atoms with E-state index in [-0.39, 0.29) is 11.4 Å². The Morgan fingerprint density at radius 1 is 1.25 bits per heavy atom. The summed E-state index contributed by atoms with van der Waals surface area (Å²) in [5.41, 5.74) is -0.977. The van der Waals surface area contributed by atoms with Crippen LogP contribution in [0.5, 0.6) is 0 Å². The SMILES string of the molecule is CCCC(C)(NC(=O)NCC1(CC)CCCC1)C(=O)O. The molecule has 1 unspecified atom stereocenters. The zero-order chi connectivity index (χ0) is 15.2. The van der Waals surface area contributed by atoms with Gasteiger partial charge in [-0.3, -0.25) is 0 Å². The maximum atomic E-state index is 12.0. The van der Waals surface area contributed by atoms with Crippen molar-refractivity contribution in [3.63, 3.8) is 0 Å². The molecule has 116 valence electrons. The van der Waals surface area contributed by atoms with Crippen LogP contribution in [-0.4, -0.2) is 29.2 Å². The number of aliphatic carboxylic acids is 1. The first-order valence-corrected chi connectivity index (χ1v) is 7.67. The van der Waals surface area contributed by atoms with E-state index in [1.54, 1.807) is 6.92 Å². The first kappa shape index (κ1) is 16.8. The number of carboxylic acids is 1. The van der Waals surface area contributed by atoms with Crippen LogP contribution in [-0.2, 0) is 4.79 Å². The minimum atomic E-state index is -1.19. The molecule has 0 heterocycles. The fourth-order valence-corrected chi connectivity index (χ4v) is 3.07. The van der Waals surface area contributed by atoms with Crippen LogP contribution in [0.25, 0.3) is 0 Å². The fraction of sp³-hybridized carbons (Fsp3) is 0.867. The van der Waals surface area contributed by atoms with Crippen molar-refractivity contribution < 1.29 is 14.7 Å². The van der Waals surface area contributed by atoms with Gasteiger partial charge in [-0.25, -0.2) is 9.59 Å². The predicted molar refractivity (Wildman–Crippen MR) is 78.7 cm³/mol. The smallest absolute Gasteiger partial charge is 0.329 e. The van der Waals surface area contributed by atoms with E-state index in [0.717, 1.165) is 19.3 Å². The molecule has 1 saturated carbocycles. The zero-order valence-corrected chi connectivity index (χ0v) is 12.9. The number of urea groups is 1. The summed E-state index contributed by atoms with van der Waals surface area (Å²) in [7, 11) is 0. The highest BCUT2D eigenvalue weighted by atomic mass is 16.4. The van der Waals surface area contributed by atoms with E-state index in [0.29, 0.717) is 19.4 Å². The minimum Gasteiger partial charge on any atom is -0.480 e. The normalized spacial score (nSPS) is 20.1. The van der Waals surface area contributed by atoms with E-state index in [4.69, 9.17) is 0 Å². The van der Waals surface area contributed by atoms with Crippen LogP contribution < -0.4 is 10.6 Å². The highest BCUT2D eigenvalue weighted by Crippen LogP contribution is 2.40. The van der Waals surface area contributed by atoms with Crippen molar-refractivity contribution in [2.45, 2.75) is 71.3 Å². The summed E-state index contributed by atoms with van der Waals surface area (Å²) in [6.45, 7) is 6.26. The lowest BCUT2D eigenvalue weighted by molar-refractivity contribution is -0.144. The summed E-state index contributed by atoms with van der Waals surface area (Å²) in [5.74, 6) is -0.986. The lowest BCUT2D eigenvalue weighted by Crippen LogP contribution is -2.56. The summed E-state index contributed by atoms with van der Waals surface area (Å²) in [5, 5.41) is 14.7. The average Bonchev–Trinajstić information content (AvgIpc) is 2.86. The molecule has 1 fully saturated rings. The van der Waals surface area contributed by atoms with Gasteiger partial charge in [0, 0.05) is 6.54 Å². The molecule has 0 aromatic rings. The largest absolute Gasteiger partial charge is 0.480 e. The predicted octanol–water partition coefficient (Wildman–Crippen LogP) is 2.90. The van der Waals surface area contributed by atoms with Crippen LogP contribution in [0.2, 0.25) is 0 Å². The zero-order valence-electron chi connectivity index (χ0n) is 12.9. The van der Waals surface area contributed by atoms with E-state index in [9.17, 15) is 14.7 Å². The Balaban J connectivity index is 2.52. The van der Waals surface area contributed by atoms with Crippen molar-refractivity contribution >= 4 is 12.0 Å². The topological polar surface area (TPSA) is 78.4 Å². The lowest BCUT2D eigenvalue weighted by atomic mass is 9.83. The number of carboxylic acid groups (broad SMARTS) is 1. The molecule has 2 amide bonds. The molecule has 0 bridgehead atoms. The van der Waals surface area contributed by atoms with Gasteiger partial charge in [0.1, 0.15) is 5.54 Å². The number of nitrogens with one attached hydrogen (secondary N) is 2. The van der Waals surface area contributed by atoms with Gasteiger partial charge in [-0.05, 0) is 38.0 Å². The van der Waals surface area contributed by atoms with Crippen LogP contribution in [0.1, 0.15) is 65.7 Å². The summed E-state index contributed by atoms with van der Waals surface area (Å²) in [6.07, 6.45) is 6.93. The number of hydrogen-bond donors (Lipinski definition) is 3. The van der Waals surface area contributed by atoms with Crippen molar-refractivity contribution in [1.29, 1.82) is 0 Å². The Morgan fingerprint density at radius 3 is 2.30 bits per heavy atom. The molecule has 0 spiro atoms. The van der Waals surface area contributed by atoms with E-state index in [1.165, 1.54) is 12.8 Å². The third kappa shape index (κ3) is 4.12. The molecule has 1 aliphatic carbocycles. The molecule has 1 rings (SSSR count). The Bertz CT molecular complexity index is 351. The molecule has 0 saturated heterocycles. The number of rotatable bonds is 7. The molecule has 5 heteroatoms. The van der Waals surface area contributed by atoms with Gasteiger partial charge in [0.2, 0.25) is 0 Å². The second-order valence-corrected chi connectivity index (χ2v) is 6.26. The van der Waals surface area contributed by atoms with Crippen molar-refractivity contribution in [2.24, 2.45) is 5.41 Å². The Hall–Kier alpha value is -1.26. The quantitative estimate of drug-likeness (QED) is 0.672.